The summed E-state index contributed by atoms with van der Waals surface area (Å²) in [6.07, 6.45) is 0. The summed E-state index contributed by atoms with van der Waals surface area (Å²) in [5.41, 5.74) is 1.57. The summed E-state index contributed by atoms with van der Waals surface area (Å²) < 4.78 is 6.49. The SMILES string of the molecule is Cc1oc(C)c(C(=O)NCc2sccc2Br)c1C. The van der Waals surface area contributed by atoms with Gasteiger partial charge in [-0.2, -0.15) is 0 Å². The van der Waals surface area contributed by atoms with E-state index in [9.17, 15) is 4.79 Å². The van der Waals surface area contributed by atoms with E-state index in [1.807, 2.05) is 32.2 Å². The van der Waals surface area contributed by atoms with E-state index >= 15 is 0 Å². The molecule has 0 radical (unpaired) electrons. The van der Waals surface area contributed by atoms with Crippen molar-refractivity contribution in [2.75, 3.05) is 0 Å². The van der Waals surface area contributed by atoms with Gasteiger partial charge in [0.15, 0.2) is 0 Å². The van der Waals surface area contributed by atoms with Crippen LogP contribution in [0.15, 0.2) is 20.3 Å². The Morgan fingerprint density at radius 2 is 2.11 bits per heavy atom. The van der Waals surface area contributed by atoms with Crippen molar-refractivity contribution in [3.63, 3.8) is 0 Å². The van der Waals surface area contributed by atoms with E-state index in [-0.39, 0.29) is 5.91 Å². The number of hydrogen-bond acceptors (Lipinski definition) is 3. The van der Waals surface area contributed by atoms with Crippen LogP contribution in [0.3, 0.4) is 0 Å². The van der Waals surface area contributed by atoms with Gasteiger partial charge in [0, 0.05) is 14.9 Å². The molecule has 0 aliphatic carbocycles. The Balaban J connectivity index is 2.11. The standard InChI is InChI=1S/C13H14BrNO2S/c1-7-8(2)17-9(3)12(7)13(16)15-6-11-10(14)4-5-18-11/h4-5H,6H2,1-3H3,(H,15,16). The minimum absolute atomic E-state index is 0.0813. The Morgan fingerprint density at radius 1 is 1.39 bits per heavy atom. The van der Waals surface area contributed by atoms with E-state index in [1.54, 1.807) is 11.3 Å². The van der Waals surface area contributed by atoms with Crippen molar-refractivity contribution >= 4 is 33.2 Å². The lowest BCUT2D eigenvalue weighted by Gasteiger charge is -2.04. The molecule has 2 heterocycles. The molecule has 0 saturated heterocycles. The van der Waals surface area contributed by atoms with Crippen LogP contribution in [0.2, 0.25) is 0 Å². The molecule has 0 fully saturated rings. The van der Waals surface area contributed by atoms with Crippen molar-refractivity contribution in [3.05, 3.63) is 43.4 Å². The third-order valence-electron chi connectivity index (χ3n) is 2.89. The minimum atomic E-state index is -0.0813. The number of thiophene rings is 1. The van der Waals surface area contributed by atoms with E-state index in [2.05, 4.69) is 21.2 Å². The molecule has 1 amide bonds. The lowest BCUT2D eigenvalue weighted by molar-refractivity contribution is 0.0949. The topological polar surface area (TPSA) is 42.2 Å². The maximum atomic E-state index is 12.1. The van der Waals surface area contributed by atoms with Gasteiger partial charge >= 0.3 is 0 Å². The molecule has 0 atom stereocenters. The van der Waals surface area contributed by atoms with Crippen LogP contribution in [0.1, 0.15) is 32.3 Å². The average Bonchev–Trinajstić information content (AvgIpc) is 2.81. The summed E-state index contributed by atoms with van der Waals surface area (Å²) in [6, 6.07) is 1.98. The zero-order valence-electron chi connectivity index (χ0n) is 10.5. The van der Waals surface area contributed by atoms with Gasteiger partial charge < -0.3 is 9.73 Å². The summed E-state index contributed by atoms with van der Waals surface area (Å²) in [7, 11) is 0. The van der Waals surface area contributed by atoms with Gasteiger partial charge in [-0.1, -0.05) is 0 Å². The Morgan fingerprint density at radius 3 is 2.61 bits per heavy atom. The summed E-state index contributed by atoms with van der Waals surface area (Å²) in [6.45, 7) is 6.12. The minimum Gasteiger partial charge on any atom is -0.466 e. The lowest BCUT2D eigenvalue weighted by Crippen LogP contribution is -2.23. The van der Waals surface area contributed by atoms with Crippen molar-refractivity contribution in [2.24, 2.45) is 0 Å². The molecule has 0 bridgehead atoms. The molecular weight excluding hydrogens is 314 g/mol. The van der Waals surface area contributed by atoms with E-state index in [0.29, 0.717) is 17.9 Å². The summed E-state index contributed by atoms with van der Waals surface area (Å²) in [4.78, 5) is 13.2. The highest BCUT2D eigenvalue weighted by Gasteiger charge is 2.18. The molecule has 96 valence electrons. The number of carbonyl (C=O) groups excluding carboxylic acids is 1. The normalized spacial score (nSPS) is 10.7. The van der Waals surface area contributed by atoms with Crippen molar-refractivity contribution in [2.45, 2.75) is 27.3 Å². The van der Waals surface area contributed by atoms with Crippen molar-refractivity contribution < 1.29 is 9.21 Å². The molecule has 2 rings (SSSR count). The molecule has 0 saturated carbocycles. The zero-order valence-corrected chi connectivity index (χ0v) is 12.9. The second kappa shape index (κ2) is 5.28. The van der Waals surface area contributed by atoms with Gasteiger partial charge in [-0.05, 0) is 48.1 Å². The molecule has 2 aromatic heterocycles. The smallest absolute Gasteiger partial charge is 0.255 e. The number of amides is 1. The Hall–Kier alpha value is -1.07. The van der Waals surface area contributed by atoms with E-state index in [1.165, 1.54) is 0 Å². The first kappa shape index (κ1) is 13.4. The van der Waals surface area contributed by atoms with E-state index < -0.39 is 0 Å². The van der Waals surface area contributed by atoms with Crippen LogP contribution in [0.4, 0.5) is 0 Å². The molecule has 18 heavy (non-hydrogen) atoms. The second-order valence-corrected chi connectivity index (χ2v) is 5.94. The van der Waals surface area contributed by atoms with Crippen molar-refractivity contribution in [1.82, 2.24) is 5.32 Å². The Labute approximate surface area is 118 Å². The number of halogens is 1. The summed E-state index contributed by atoms with van der Waals surface area (Å²) >= 11 is 5.06. The van der Waals surface area contributed by atoms with Gasteiger partial charge in [0.2, 0.25) is 0 Å². The zero-order chi connectivity index (χ0) is 13.3. The molecule has 1 N–H and O–H groups in total. The lowest BCUT2D eigenvalue weighted by atomic mass is 10.1. The van der Waals surface area contributed by atoms with Gasteiger partial charge in [0.1, 0.15) is 11.5 Å². The number of rotatable bonds is 3. The Bertz CT molecular complexity index is 586. The van der Waals surface area contributed by atoms with Crippen molar-refractivity contribution in [3.8, 4) is 0 Å². The average molecular weight is 328 g/mol. The van der Waals surface area contributed by atoms with Crippen LogP contribution in [-0.2, 0) is 6.54 Å². The number of furan rings is 1. The maximum absolute atomic E-state index is 12.1. The quantitative estimate of drug-likeness (QED) is 0.927. The first-order valence-corrected chi connectivity index (χ1v) is 7.24. The highest BCUT2D eigenvalue weighted by atomic mass is 79.9. The molecule has 0 aromatic carbocycles. The highest BCUT2D eigenvalue weighted by Crippen LogP contribution is 2.23. The predicted octanol–water partition coefficient (Wildman–Crippen LogP) is 3.96. The van der Waals surface area contributed by atoms with Crippen LogP contribution in [-0.4, -0.2) is 5.91 Å². The molecule has 2 aromatic rings. The fraction of sp³-hybridized carbons (Fsp3) is 0.308. The van der Waals surface area contributed by atoms with Crippen LogP contribution in [0.5, 0.6) is 0 Å². The third kappa shape index (κ3) is 2.52. The third-order valence-corrected chi connectivity index (χ3v) is 4.82. The fourth-order valence-electron chi connectivity index (χ4n) is 1.83. The predicted molar refractivity (Wildman–Crippen MR) is 76.1 cm³/mol. The number of nitrogens with one attached hydrogen (secondary N) is 1. The van der Waals surface area contributed by atoms with Crippen molar-refractivity contribution in [1.29, 1.82) is 0 Å². The highest BCUT2D eigenvalue weighted by molar-refractivity contribution is 9.10. The first-order valence-electron chi connectivity index (χ1n) is 5.57. The summed E-state index contributed by atoms with van der Waals surface area (Å²) in [5.74, 6) is 1.39. The molecule has 0 unspecified atom stereocenters. The number of hydrogen-bond donors (Lipinski definition) is 1. The van der Waals surface area contributed by atoms with Gasteiger partial charge in [-0.25, -0.2) is 0 Å². The van der Waals surface area contributed by atoms with Crippen LogP contribution < -0.4 is 5.32 Å². The van der Waals surface area contributed by atoms with Gasteiger partial charge in [-0.3, -0.25) is 4.79 Å². The monoisotopic (exact) mass is 327 g/mol. The Kier molecular flexibility index (Phi) is 3.92. The molecule has 0 spiro atoms. The second-order valence-electron chi connectivity index (χ2n) is 4.09. The van der Waals surface area contributed by atoms with E-state index in [4.69, 9.17) is 4.42 Å². The number of aryl methyl sites for hydroxylation is 2. The fourth-order valence-corrected chi connectivity index (χ4v) is 3.26. The van der Waals surface area contributed by atoms with Gasteiger partial charge in [-0.15, -0.1) is 11.3 Å². The van der Waals surface area contributed by atoms with E-state index in [0.717, 1.165) is 20.7 Å². The maximum Gasteiger partial charge on any atom is 0.255 e. The molecule has 0 aliphatic heterocycles. The number of carbonyl (C=O) groups is 1. The molecule has 5 heteroatoms. The summed E-state index contributed by atoms with van der Waals surface area (Å²) in [5, 5.41) is 4.91. The van der Waals surface area contributed by atoms with Crippen LogP contribution >= 0.6 is 27.3 Å². The van der Waals surface area contributed by atoms with Gasteiger partial charge in [0.25, 0.3) is 5.91 Å². The molecule has 3 nitrogen and oxygen atoms in total. The van der Waals surface area contributed by atoms with Crippen LogP contribution in [0, 0.1) is 20.8 Å². The largest absolute Gasteiger partial charge is 0.466 e. The molecule has 0 aliphatic rings. The molecular formula is C13H14BrNO2S. The first-order chi connectivity index (χ1) is 8.50. The van der Waals surface area contributed by atoms with Gasteiger partial charge in [0.05, 0.1) is 12.1 Å². The van der Waals surface area contributed by atoms with Crippen LogP contribution in [0.25, 0.3) is 0 Å².